The fourth-order valence-electron chi connectivity index (χ4n) is 2.88. The van der Waals surface area contributed by atoms with Crippen molar-refractivity contribution < 1.29 is 29.5 Å². The second kappa shape index (κ2) is 14.2. The normalized spacial score (nSPS) is 21.2. The summed E-state index contributed by atoms with van der Waals surface area (Å²) in [6.45, 7) is 2.17. The Labute approximate surface area is 151 Å². The summed E-state index contributed by atoms with van der Waals surface area (Å²) in [6.07, 6.45) is 13.6. The first-order chi connectivity index (χ1) is 12.2. The Hall–Kier alpha value is -0.950. The van der Waals surface area contributed by atoms with E-state index < -0.39 is 6.10 Å². The lowest BCUT2D eigenvalue weighted by molar-refractivity contribution is -0.383. The van der Waals surface area contributed by atoms with Crippen molar-refractivity contribution in [2.75, 3.05) is 7.11 Å². The summed E-state index contributed by atoms with van der Waals surface area (Å²) in [5.74, 6) is -0.150. The lowest BCUT2D eigenvalue weighted by Crippen LogP contribution is -2.34. The first kappa shape index (κ1) is 22.1. The molecule has 1 aliphatic rings. The summed E-state index contributed by atoms with van der Waals surface area (Å²) < 4.78 is 4.61. The predicted molar refractivity (Wildman–Crippen MR) is 94.9 cm³/mol. The molecule has 1 aliphatic heterocycles. The van der Waals surface area contributed by atoms with Crippen LogP contribution in [0.15, 0.2) is 12.2 Å². The lowest BCUT2D eigenvalue weighted by Gasteiger charge is -2.27. The monoisotopic (exact) mass is 358 g/mol. The van der Waals surface area contributed by atoms with Gasteiger partial charge in [0.2, 0.25) is 0 Å². The first-order valence-corrected chi connectivity index (χ1v) is 9.58. The van der Waals surface area contributed by atoms with Crippen molar-refractivity contribution in [1.82, 2.24) is 0 Å². The predicted octanol–water partition coefficient (Wildman–Crippen LogP) is 4.58. The van der Waals surface area contributed by atoms with Crippen LogP contribution in [-0.2, 0) is 24.2 Å². The largest absolute Gasteiger partial charge is 0.469 e. The first-order valence-electron chi connectivity index (χ1n) is 9.58. The van der Waals surface area contributed by atoms with Crippen molar-refractivity contribution in [1.29, 1.82) is 0 Å². The van der Waals surface area contributed by atoms with Gasteiger partial charge in [0.05, 0.1) is 7.11 Å². The molecule has 25 heavy (non-hydrogen) atoms. The highest BCUT2D eigenvalue weighted by molar-refractivity contribution is 5.68. The van der Waals surface area contributed by atoms with Gasteiger partial charge in [0.25, 0.3) is 0 Å². The molecule has 0 aromatic carbocycles. The van der Waals surface area contributed by atoms with Crippen molar-refractivity contribution in [2.24, 2.45) is 0 Å². The molecular formula is C19H34O6. The Bertz CT molecular complexity index is 371. The van der Waals surface area contributed by atoms with E-state index in [2.05, 4.69) is 16.5 Å². The molecule has 0 aromatic heterocycles. The average molecular weight is 358 g/mol. The van der Waals surface area contributed by atoms with Gasteiger partial charge in [-0.1, -0.05) is 64.0 Å². The SMILES string of the molecule is CCCCCC1C=CC(C(CCCCCCCC(=O)OC)OO)OO1. The quantitative estimate of drug-likeness (QED) is 0.161. The Kier molecular flexibility index (Phi) is 12.6. The Balaban J connectivity index is 2.13. The molecule has 0 fully saturated rings. The summed E-state index contributed by atoms with van der Waals surface area (Å²) in [5.41, 5.74) is 0. The number of unbranched alkanes of at least 4 members (excludes halogenated alkanes) is 6. The number of esters is 1. The molecule has 0 bridgehead atoms. The van der Waals surface area contributed by atoms with E-state index in [1.54, 1.807) is 0 Å². The second-order valence-electron chi connectivity index (χ2n) is 6.60. The summed E-state index contributed by atoms with van der Waals surface area (Å²) >= 11 is 0. The Morgan fingerprint density at radius 3 is 2.48 bits per heavy atom. The van der Waals surface area contributed by atoms with E-state index in [0.717, 1.165) is 44.9 Å². The lowest BCUT2D eigenvalue weighted by atomic mass is 10.0. The summed E-state index contributed by atoms with van der Waals surface area (Å²) in [5, 5.41) is 9.13. The fraction of sp³-hybridized carbons (Fsp3) is 0.842. The van der Waals surface area contributed by atoms with Crippen molar-refractivity contribution in [3.8, 4) is 0 Å². The zero-order chi connectivity index (χ0) is 18.3. The third-order valence-corrected chi connectivity index (χ3v) is 4.50. The van der Waals surface area contributed by atoms with Gasteiger partial charge >= 0.3 is 5.97 Å². The van der Waals surface area contributed by atoms with Gasteiger partial charge in [-0.15, -0.1) is 0 Å². The molecule has 0 aliphatic carbocycles. The van der Waals surface area contributed by atoms with Crippen LogP contribution in [0.3, 0.4) is 0 Å². The van der Waals surface area contributed by atoms with Crippen LogP contribution in [0.1, 0.15) is 77.6 Å². The number of hydrogen-bond acceptors (Lipinski definition) is 6. The van der Waals surface area contributed by atoms with Crippen LogP contribution in [0.2, 0.25) is 0 Å². The highest BCUT2D eigenvalue weighted by Crippen LogP contribution is 2.21. The fourth-order valence-corrected chi connectivity index (χ4v) is 2.88. The highest BCUT2D eigenvalue weighted by atomic mass is 17.2. The maximum Gasteiger partial charge on any atom is 0.305 e. The Morgan fingerprint density at radius 1 is 1.08 bits per heavy atom. The number of ether oxygens (including phenoxy) is 1. The van der Waals surface area contributed by atoms with E-state index in [1.807, 2.05) is 12.2 Å². The molecule has 1 N–H and O–H groups in total. The smallest absolute Gasteiger partial charge is 0.305 e. The molecule has 6 nitrogen and oxygen atoms in total. The van der Waals surface area contributed by atoms with Gasteiger partial charge in [0.15, 0.2) is 0 Å². The van der Waals surface area contributed by atoms with Gasteiger partial charge in [-0.3, -0.25) is 10.1 Å². The van der Waals surface area contributed by atoms with Gasteiger partial charge in [0, 0.05) is 6.42 Å². The maximum absolute atomic E-state index is 11.0. The molecule has 146 valence electrons. The molecule has 1 heterocycles. The molecule has 3 unspecified atom stereocenters. The number of hydrogen-bond donors (Lipinski definition) is 1. The molecule has 0 aromatic rings. The Morgan fingerprint density at radius 2 is 1.84 bits per heavy atom. The van der Waals surface area contributed by atoms with E-state index >= 15 is 0 Å². The van der Waals surface area contributed by atoms with Crippen LogP contribution in [0.4, 0.5) is 0 Å². The van der Waals surface area contributed by atoms with Crippen molar-refractivity contribution in [2.45, 2.75) is 95.9 Å². The highest BCUT2D eigenvalue weighted by Gasteiger charge is 2.26. The third kappa shape index (κ3) is 9.94. The maximum atomic E-state index is 11.0. The molecule has 0 saturated carbocycles. The van der Waals surface area contributed by atoms with Gasteiger partial charge in [-0.05, 0) is 19.3 Å². The van der Waals surface area contributed by atoms with Crippen molar-refractivity contribution in [3.63, 3.8) is 0 Å². The van der Waals surface area contributed by atoms with Crippen LogP contribution in [0.5, 0.6) is 0 Å². The topological polar surface area (TPSA) is 74.2 Å². The van der Waals surface area contributed by atoms with Crippen molar-refractivity contribution in [3.05, 3.63) is 12.2 Å². The zero-order valence-electron chi connectivity index (χ0n) is 15.7. The average Bonchev–Trinajstić information content (AvgIpc) is 2.65. The molecule has 0 amide bonds. The molecule has 6 heteroatoms. The molecular weight excluding hydrogens is 324 g/mol. The minimum Gasteiger partial charge on any atom is -0.469 e. The van der Waals surface area contributed by atoms with E-state index in [1.165, 1.54) is 20.0 Å². The van der Waals surface area contributed by atoms with Crippen LogP contribution in [0, 0.1) is 0 Å². The minimum absolute atomic E-state index is 0.00282. The number of carbonyl (C=O) groups excluding carboxylic acids is 1. The van der Waals surface area contributed by atoms with E-state index in [0.29, 0.717) is 12.8 Å². The summed E-state index contributed by atoms with van der Waals surface area (Å²) in [4.78, 5) is 26.4. The van der Waals surface area contributed by atoms with E-state index in [4.69, 9.17) is 15.0 Å². The molecule has 0 saturated heterocycles. The van der Waals surface area contributed by atoms with Crippen LogP contribution >= 0.6 is 0 Å². The van der Waals surface area contributed by atoms with Crippen LogP contribution in [-0.4, -0.2) is 36.6 Å². The zero-order valence-corrected chi connectivity index (χ0v) is 15.7. The minimum atomic E-state index is -0.414. The van der Waals surface area contributed by atoms with Crippen molar-refractivity contribution >= 4 is 5.97 Å². The van der Waals surface area contributed by atoms with Crippen LogP contribution in [0.25, 0.3) is 0 Å². The molecule has 0 spiro atoms. The number of carbonyl (C=O) groups is 1. The molecule has 3 atom stereocenters. The van der Waals surface area contributed by atoms with Gasteiger partial charge < -0.3 is 4.74 Å². The standard InChI is InChI=1S/C19H34O6/c1-3-4-8-11-16-14-15-18(25-24-16)17(23-21)12-9-6-5-7-10-13-19(20)22-2/h14-18,21H,3-13H2,1-2H3. The van der Waals surface area contributed by atoms with Gasteiger partial charge in [0.1, 0.15) is 18.3 Å². The molecule has 1 rings (SSSR count). The van der Waals surface area contributed by atoms with Crippen LogP contribution < -0.4 is 0 Å². The summed E-state index contributed by atoms with van der Waals surface area (Å²) in [7, 11) is 1.41. The second-order valence-corrected chi connectivity index (χ2v) is 6.60. The van der Waals surface area contributed by atoms with E-state index in [9.17, 15) is 4.79 Å². The summed E-state index contributed by atoms with van der Waals surface area (Å²) in [6, 6.07) is 0. The van der Waals surface area contributed by atoms with E-state index in [-0.39, 0.29) is 18.2 Å². The third-order valence-electron chi connectivity index (χ3n) is 4.50. The number of rotatable bonds is 14. The number of methoxy groups -OCH3 is 1. The van der Waals surface area contributed by atoms with Gasteiger partial charge in [-0.25, -0.2) is 14.7 Å². The van der Waals surface area contributed by atoms with Gasteiger partial charge in [-0.2, -0.15) is 0 Å². The molecule has 0 radical (unpaired) electrons.